The number of alkyl halides is 3. The number of hydrogen-bond acceptors (Lipinski definition) is 6. The molecule has 11 heteroatoms. The summed E-state index contributed by atoms with van der Waals surface area (Å²) in [6, 6.07) is 6.71. The van der Waals surface area contributed by atoms with Crippen LogP contribution in [0.1, 0.15) is 16.7 Å². The van der Waals surface area contributed by atoms with Gasteiger partial charge in [0.1, 0.15) is 23.5 Å². The average Bonchev–Trinajstić information content (AvgIpc) is 3.14. The van der Waals surface area contributed by atoms with E-state index in [1.807, 2.05) is 12.1 Å². The van der Waals surface area contributed by atoms with Crippen molar-refractivity contribution in [3.63, 3.8) is 0 Å². The Labute approximate surface area is 173 Å². The van der Waals surface area contributed by atoms with Crippen LogP contribution in [0.5, 0.6) is 0 Å². The van der Waals surface area contributed by atoms with Gasteiger partial charge in [-0.05, 0) is 17.7 Å². The van der Waals surface area contributed by atoms with Gasteiger partial charge in [-0.25, -0.2) is 4.98 Å². The van der Waals surface area contributed by atoms with Gasteiger partial charge in [-0.2, -0.15) is 28.8 Å². The SMILES string of the molecule is N#Cc1c(N)nc(-c2cnn(CCO)c2)c(C#N)c1-c1ccc(C(F)(F)F)c(Cl)c1. The van der Waals surface area contributed by atoms with Crippen LogP contribution in [-0.2, 0) is 12.7 Å². The molecule has 0 spiro atoms. The molecule has 7 nitrogen and oxygen atoms in total. The van der Waals surface area contributed by atoms with Gasteiger partial charge in [0.05, 0.1) is 41.2 Å². The highest BCUT2D eigenvalue weighted by Gasteiger charge is 2.33. The van der Waals surface area contributed by atoms with Crippen molar-refractivity contribution in [1.29, 1.82) is 10.5 Å². The summed E-state index contributed by atoms with van der Waals surface area (Å²) in [6.07, 6.45) is -1.74. The number of nitriles is 2. The third kappa shape index (κ3) is 3.79. The molecule has 0 radical (unpaired) electrons. The molecule has 152 valence electrons. The van der Waals surface area contributed by atoms with Crippen LogP contribution in [0.3, 0.4) is 0 Å². The van der Waals surface area contributed by atoms with Gasteiger partial charge in [-0.3, -0.25) is 4.68 Å². The molecule has 0 saturated carbocycles. The zero-order valence-electron chi connectivity index (χ0n) is 15.1. The monoisotopic (exact) mass is 432 g/mol. The molecule has 0 bridgehead atoms. The van der Waals surface area contributed by atoms with Crippen molar-refractivity contribution in [3.05, 3.63) is 52.3 Å². The maximum absolute atomic E-state index is 13.0. The summed E-state index contributed by atoms with van der Waals surface area (Å²) < 4.78 is 40.5. The van der Waals surface area contributed by atoms with E-state index in [0.29, 0.717) is 5.56 Å². The van der Waals surface area contributed by atoms with Crippen molar-refractivity contribution >= 4 is 17.4 Å². The highest BCUT2D eigenvalue weighted by molar-refractivity contribution is 6.31. The van der Waals surface area contributed by atoms with Crippen molar-refractivity contribution in [2.45, 2.75) is 12.7 Å². The third-order valence-electron chi connectivity index (χ3n) is 4.25. The summed E-state index contributed by atoms with van der Waals surface area (Å²) in [4.78, 5) is 4.13. The molecule has 0 aliphatic heterocycles. The predicted molar refractivity (Wildman–Crippen MR) is 102 cm³/mol. The quantitative estimate of drug-likeness (QED) is 0.649. The number of rotatable bonds is 4. The van der Waals surface area contributed by atoms with Gasteiger partial charge in [0, 0.05) is 17.3 Å². The zero-order valence-corrected chi connectivity index (χ0v) is 15.8. The Balaban J connectivity index is 2.29. The van der Waals surface area contributed by atoms with Crippen molar-refractivity contribution in [3.8, 4) is 34.5 Å². The predicted octanol–water partition coefficient (Wildman–Crippen LogP) is 3.60. The molecule has 0 aliphatic rings. The summed E-state index contributed by atoms with van der Waals surface area (Å²) in [6.45, 7) is 0.0412. The number of nitrogens with zero attached hydrogens (tertiary/aromatic N) is 5. The second kappa shape index (κ2) is 8.03. The molecule has 0 unspecified atom stereocenters. The second-order valence-corrected chi connectivity index (χ2v) is 6.51. The lowest BCUT2D eigenvalue weighted by Gasteiger charge is -2.14. The van der Waals surface area contributed by atoms with Crippen molar-refractivity contribution in [2.75, 3.05) is 12.3 Å². The Morgan fingerprint density at radius 2 is 1.87 bits per heavy atom. The van der Waals surface area contributed by atoms with Crippen molar-refractivity contribution in [1.82, 2.24) is 14.8 Å². The fourth-order valence-corrected chi connectivity index (χ4v) is 3.22. The van der Waals surface area contributed by atoms with E-state index in [4.69, 9.17) is 22.4 Å². The largest absolute Gasteiger partial charge is 0.417 e. The molecule has 3 N–H and O–H groups in total. The molecule has 3 aromatic rings. The Bertz CT molecular complexity index is 1210. The molecule has 1 aromatic carbocycles. The van der Waals surface area contributed by atoms with Crippen LogP contribution in [0, 0.1) is 22.7 Å². The van der Waals surface area contributed by atoms with Crippen LogP contribution >= 0.6 is 11.6 Å². The van der Waals surface area contributed by atoms with Gasteiger partial charge in [0.2, 0.25) is 0 Å². The smallest absolute Gasteiger partial charge is 0.394 e. The van der Waals surface area contributed by atoms with E-state index < -0.39 is 16.8 Å². The minimum atomic E-state index is -4.66. The molecule has 30 heavy (non-hydrogen) atoms. The first kappa shape index (κ1) is 21.1. The molecular formula is C19H12ClF3N6O. The maximum Gasteiger partial charge on any atom is 0.417 e. The zero-order chi connectivity index (χ0) is 22.1. The highest BCUT2D eigenvalue weighted by Crippen LogP contribution is 2.40. The first-order valence-corrected chi connectivity index (χ1v) is 8.73. The highest BCUT2D eigenvalue weighted by atomic mass is 35.5. The van der Waals surface area contributed by atoms with Crippen LogP contribution in [-0.4, -0.2) is 26.5 Å². The molecule has 0 amide bonds. The number of benzene rings is 1. The number of aliphatic hydroxyl groups excluding tert-OH is 1. The molecule has 2 aromatic heterocycles. The number of halogens is 4. The van der Waals surface area contributed by atoms with Crippen LogP contribution in [0.4, 0.5) is 19.0 Å². The lowest BCUT2D eigenvalue weighted by atomic mass is 9.92. The fraction of sp³-hybridized carbons (Fsp3) is 0.158. The number of aliphatic hydroxyl groups is 1. The van der Waals surface area contributed by atoms with Crippen LogP contribution < -0.4 is 5.73 Å². The van der Waals surface area contributed by atoms with Crippen molar-refractivity contribution in [2.24, 2.45) is 0 Å². The molecular weight excluding hydrogens is 421 g/mol. The summed E-state index contributed by atoms with van der Waals surface area (Å²) in [5.74, 6) is -0.201. The van der Waals surface area contributed by atoms with Gasteiger partial charge < -0.3 is 10.8 Å². The lowest BCUT2D eigenvalue weighted by Crippen LogP contribution is -2.07. The van der Waals surface area contributed by atoms with Gasteiger partial charge in [0.25, 0.3) is 0 Å². The van der Waals surface area contributed by atoms with Gasteiger partial charge in [0.15, 0.2) is 0 Å². The van der Waals surface area contributed by atoms with E-state index in [0.717, 1.165) is 18.2 Å². The van der Waals surface area contributed by atoms with E-state index in [-0.39, 0.29) is 46.9 Å². The maximum atomic E-state index is 13.0. The van der Waals surface area contributed by atoms with E-state index >= 15 is 0 Å². The van der Waals surface area contributed by atoms with Crippen molar-refractivity contribution < 1.29 is 18.3 Å². The molecule has 3 rings (SSSR count). The van der Waals surface area contributed by atoms with E-state index in [1.54, 1.807) is 0 Å². The minimum Gasteiger partial charge on any atom is -0.394 e. The number of aromatic nitrogens is 3. The first-order valence-electron chi connectivity index (χ1n) is 8.35. The summed E-state index contributed by atoms with van der Waals surface area (Å²) in [5, 5.41) is 31.8. The van der Waals surface area contributed by atoms with Gasteiger partial charge in [-0.15, -0.1) is 0 Å². The number of nitrogens with two attached hydrogens (primary N) is 1. The number of anilines is 1. The number of nitrogen functional groups attached to an aromatic ring is 1. The molecule has 0 saturated heterocycles. The van der Waals surface area contributed by atoms with Gasteiger partial charge in [-0.1, -0.05) is 17.7 Å². The summed E-state index contributed by atoms with van der Waals surface area (Å²) in [7, 11) is 0. The molecule has 0 fully saturated rings. The Morgan fingerprint density at radius 1 is 1.17 bits per heavy atom. The number of hydrogen-bond donors (Lipinski definition) is 2. The molecule has 0 atom stereocenters. The second-order valence-electron chi connectivity index (χ2n) is 6.10. The van der Waals surface area contributed by atoms with Crippen LogP contribution in [0.25, 0.3) is 22.4 Å². The average molecular weight is 433 g/mol. The number of pyridine rings is 1. The van der Waals surface area contributed by atoms with Crippen LogP contribution in [0.15, 0.2) is 30.6 Å². The Kier molecular flexibility index (Phi) is 5.65. The van der Waals surface area contributed by atoms with E-state index in [2.05, 4.69) is 10.1 Å². The van der Waals surface area contributed by atoms with Crippen LogP contribution in [0.2, 0.25) is 5.02 Å². The summed E-state index contributed by atoms with van der Waals surface area (Å²) in [5.41, 5.74) is 5.26. The van der Waals surface area contributed by atoms with Gasteiger partial charge >= 0.3 is 6.18 Å². The van der Waals surface area contributed by atoms with E-state index in [9.17, 15) is 23.7 Å². The normalized spacial score (nSPS) is 11.2. The summed E-state index contributed by atoms with van der Waals surface area (Å²) >= 11 is 5.82. The molecule has 2 heterocycles. The topological polar surface area (TPSA) is 125 Å². The Morgan fingerprint density at radius 3 is 2.43 bits per heavy atom. The first-order chi connectivity index (χ1) is 14.2. The third-order valence-corrected chi connectivity index (χ3v) is 4.56. The fourth-order valence-electron chi connectivity index (χ4n) is 2.93. The Hall–Kier alpha value is -3.60. The minimum absolute atomic E-state index is 0.0213. The lowest BCUT2D eigenvalue weighted by molar-refractivity contribution is -0.137. The standard InChI is InChI=1S/C19H12ClF3N6O/c20-15-5-10(1-2-14(15)19(21,22)23)16-12(6-24)17(28-18(26)13(16)7-25)11-8-27-29(9-11)3-4-30/h1-2,5,8-9,30H,3-4H2,(H2,26,28). The molecule has 0 aliphatic carbocycles. The van der Waals surface area contributed by atoms with E-state index in [1.165, 1.54) is 17.1 Å².